The molecule has 0 bridgehead atoms. The Morgan fingerprint density at radius 2 is 1.81 bits per heavy atom. The molecule has 0 spiro atoms. The smallest absolute Gasteiger partial charge is 0.196 e. The van der Waals surface area contributed by atoms with Crippen LogP contribution in [0.5, 0.6) is 0 Å². The number of aromatic nitrogens is 1. The lowest BCUT2D eigenvalue weighted by molar-refractivity contribution is 0.452. The molecule has 0 aliphatic rings. The molecule has 0 aliphatic heterocycles. The summed E-state index contributed by atoms with van der Waals surface area (Å²) in [5.74, 6) is -3.52. The van der Waals surface area contributed by atoms with Crippen molar-refractivity contribution < 1.29 is 13.2 Å². The van der Waals surface area contributed by atoms with Crippen molar-refractivity contribution in [3.8, 4) is 0 Å². The third-order valence-electron chi connectivity index (χ3n) is 2.37. The third kappa shape index (κ3) is 1.48. The van der Waals surface area contributed by atoms with Crippen LogP contribution >= 0.6 is 0 Å². The van der Waals surface area contributed by atoms with E-state index in [1.807, 2.05) is 0 Å². The predicted molar refractivity (Wildman–Crippen MR) is 55.9 cm³/mol. The number of nitrogens with zero attached hydrogens (tertiary/aromatic N) is 1. The molecular formula is C11H9F3N2. The summed E-state index contributed by atoms with van der Waals surface area (Å²) in [4.78, 5) is 3.90. The fourth-order valence-corrected chi connectivity index (χ4v) is 1.58. The highest BCUT2D eigenvalue weighted by Crippen LogP contribution is 2.25. The van der Waals surface area contributed by atoms with Gasteiger partial charge >= 0.3 is 0 Å². The largest absolute Gasteiger partial charge is 0.373 e. The molecule has 1 aromatic carbocycles. The van der Waals surface area contributed by atoms with Gasteiger partial charge in [-0.2, -0.15) is 0 Å². The molecule has 84 valence electrons. The third-order valence-corrected chi connectivity index (χ3v) is 2.37. The minimum absolute atomic E-state index is 0.172. The second kappa shape index (κ2) is 3.66. The summed E-state index contributed by atoms with van der Waals surface area (Å²) in [6.07, 6.45) is 0. The van der Waals surface area contributed by atoms with E-state index >= 15 is 0 Å². The van der Waals surface area contributed by atoms with Gasteiger partial charge in [0.25, 0.3) is 0 Å². The van der Waals surface area contributed by atoms with E-state index in [9.17, 15) is 13.2 Å². The zero-order valence-electron chi connectivity index (χ0n) is 8.74. The van der Waals surface area contributed by atoms with Gasteiger partial charge in [-0.05, 0) is 24.6 Å². The molecule has 0 fully saturated rings. The Balaban J connectivity index is 2.86. The van der Waals surface area contributed by atoms with Gasteiger partial charge in [-0.15, -0.1) is 0 Å². The Morgan fingerprint density at radius 3 is 2.44 bits per heavy atom. The van der Waals surface area contributed by atoms with Crippen LogP contribution in [-0.2, 0) is 0 Å². The van der Waals surface area contributed by atoms with Gasteiger partial charge in [-0.25, -0.2) is 18.2 Å². The van der Waals surface area contributed by atoms with Gasteiger partial charge in [-0.1, -0.05) is 0 Å². The van der Waals surface area contributed by atoms with Crippen LogP contribution in [-0.4, -0.2) is 12.0 Å². The van der Waals surface area contributed by atoms with Gasteiger partial charge in [0.2, 0.25) is 0 Å². The van der Waals surface area contributed by atoms with E-state index in [4.69, 9.17) is 0 Å². The van der Waals surface area contributed by atoms with Crippen molar-refractivity contribution in [3.05, 3.63) is 35.1 Å². The molecule has 2 rings (SSSR count). The molecule has 0 amide bonds. The van der Waals surface area contributed by atoms with Crippen LogP contribution in [0.3, 0.4) is 0 Å². The lowest BCUT2D eigenvalue weighted by Crippen LogP contribution is -2.00. The molecular weight excluding hydrogens is 217 g/mol. The van der Waals surface area contributed by atoms with Crippen LogP contribution in [0, 0.1) is 24.4 Å². The summed E-state index contributed by atoms with van der Waals surface area (Å²) in [6, 6.07) is 2.49. The first-order valence-electron chi connectivity index (χ1n) is 4.67. The zero-order valence-corrected chi connectivity index (χ0v) is 8.74. The van der Waals surface area contributed by atoms with Crippen LogP contribution < -0.4 is 5.32 Å². The zero-order chi connectivity index (χ0) is 11.9. The molecule has 0 unspecified atom stereocenters. The molecule has 2 nitrogen and oxygen atoms in total. The van der Waals surface area contributed by atoms with Gasteiger partial charge in [-0.3, -0.25) is 0 Å². The quantitative estimate of drug-likeness (QED) is 0.756. The first-order valence-corrected chi connectivity index (χ1v) is 4.67. The van der Waals surface area contributed by atoms with Crippen molar-refractivity contribution in [1.82, 2.24) is 4.98 Å². The van der Waals surface area contributed by atoms with Crippen LogP contribution in [0.15, 0.2) is 12.1 Å². The Morgan fingerprint density at radius 1 is 1.12 bits per heavy atom. The fraction of sp³-hybridized carbons (Fsp3) is 0.182. The Hall–Kier alpha value is -1.78. The maximum atomic E-state index is 13.4. The van der Waals surface area contributed by atoms with Gasteiger partial charge in [0, 0.05) is 12.4 Å². The fourth-order valence-electron chi connectivity index (χ4n) is 1.58. The molecule has 1 aromatic heterocycles. The van der Waals surface area contributed by atoms with Crippen molar-refractivity contribution in [3.63, 3.8) is 0 Å². The van der Waals surface area contributed by atoms with Gasteiger partial charge in [0.05, 0.1) is 0 Å². The number of hydrogen-bond acceptors (Lipinski definition) is 2. The average molecular weight is 226 g/mol. The molecule has 2 aromatic rings. The minimum Gasteiger partial charge on any atom is -0.373 e. The van der Waals surface area contributed by atoms with Crippen LogP contribution in [0.1, 0.15) is 5.56 Å². The first-order chi connectivity index (χ1) is 7.54. The van der Waals surface area contributed by atoms with E-state index < -0.39 is 17.5 Å². The topological polar surface area (TPSA) is 24.9 Å². The molecule has 0 saturated heterocycles. The van der Waals surface area contributed by atoms with E-state index in [0.717, 1.165) is 11.6 Å². The SMILES string of the molecule is CNc1nc2c(F)c(F)c(F)cc2cc1C. The second-order valence-corrected chi connectivity index (χ2v) is 3.46. The van der Waals surface area contributed by atoms with E-state index in [0.29, 0.717) is 5.82 Å². The van der Waals surface area contributed by atoms with Crippen molar-refractivity contribution in [2.45, 2.75) is 6.92 Å². The molecule has 0 radical (unpaired) electrons. The monoisotopic (exact) mass is 226 g/mol. The molecule has 5 heteroatoms. The minimum atomic E-state index is -1.49. The normalized spacial score (nSPS) is 10.8. The lowest BCUT2D eigenvalue weighted by Gasteiger charge is -2.07. The van der Waals surface area contributed by atoms with Crippen molar-refractivity contribution in [2.24, 2.45) is 0 Å². The molecule has 0 saturated carbocycles. The highest BCUT2D eigenvalue weighted by Gasteiger charge is 2.15. The number of pyridine rings is 1. The van der Waals surface area contributed by atoms with Crippen LogP contribution in [0.25, 0.3) is 10.9 Å². The van der Waals surface area contributed by atoms with Gasteiger partial charge < -0.3 is 5.32 Å². The Labute approximate surface area is 90.1 Å². The van der Waals surface area contributed by atoms with Crippen molar-refractivity contribution in [2.75, 3.05) is 12.4 Å². The molecule has 0 atom stereocenters. The van der Waals surface area contributed by atoms with Crippen molar-refractivity contribution in [1.29, 1.82) is 0 Å². The number of anilines is 1. The van der Waals surface area contributed by atoms with E-state index in [1.54, 1.807) is 20.0 Å². The molecule has 0 aliphatic carbocycles. The maximum absolute atomic E-state index is 13.4. The molecule has 1 heterocycles. The highest BCUT2D eigenvalue weighted by molar-refractivity contribution is 5.82. The lowest BCUT2D eigenvalue weighted by atomic mass is 10.1. The van der Waals surface area contributed by atoms with E-state index in [-0.39, 0.29) is 10.9 Å². The van der Waals surface area contributed by atoms with Crippen LogP contribution in [0.2, 0.25) is 0 Å². The second-order valence-electron chi connectivity index (χ2n) is 3.46. The first kappa shape index (κ1) is 10.7. The molecule has 16 heavy (non-hydrogen) atoms. The number of aryl methyl sites for hydroxylation is 1. The number of rotatable bonds is 1. The number of fused-ring (bicyclic) bond motifs is 1. The summed E-state index contributed by atoms with van der Waals surface area (Å²) >= 11 is 0. The maximum Gasteiger partial charge on any atom is 0.196 e. The molecule has 1 N–H and O–H groups in total. The summed E-state index contributed by atoms with van der Waals surface area (Å²) in [5, 5.41) is 3.00. The summed E-state index contributed by atoms with van der Waals surface area (Å²) in [5.41, 5.74) is 0.564. The summed E-state index contributed by atoms with van der Waals surface area (Å²) in [7, 11) is 1.62. The Kier molecular flexibility index (Phi) is 2.46. The van der Waals surface area contributed by atoms with E-state index in [2.05, 4.69) is 10.3 Å². The number of benzene rings is 1. The summed E-state index contributed by atoms with van der Waals surface area (Å²) < 4.78 is 39.4. The highest BCUT2D eigenvalue weighted by atomic mass is 19.2. The average Bonchev–Trinajstić information content (AvgIpc) is 2.26. The number of nitrogens with one attached hydrogen (secondary N) is 1. The predicted octanol–water partition coefficient (Wildman–Crippen LogP) is 3.00. The Bertz CT molecular complexity index is 567. The summed E-state index contributed by atoms with van der Waals surface area (Å²) in [6.45, 7) is 1.75. The number of hydrogen-bond donors (Lipinski definition) is 1. The van der Waals surface area contributed by atoms with Gasteiger partial charge in [0.15, 0.2) is 17.5 Å². The standard InChI is InChI=1S/C11H9F3N2/c1-5-3-6-4-7(12)8(13)9(14)10(6)16-11(5)15-2/h3-4H,1-2H3,(H,15,16). The van der Waals surface area contributed by atoms with E-state index in [1.165, 1.54) is 0 Å². The van der Waals surface area contributed by atoms with Crippen LogP contribution in [0.4, 0.5) is 19.0 Å². The van der Waals surface area contributed by atoms with Gasteiger partial charge in [0.1, 0.15) is 11.3 Å². The van der Waals surface area contributed by atoms with Crippen molar-refractivity contribution >= 4 is 16.7 Å². The number of halogens is 3.